The first kappa shape index (κ1) is 10.9. The molecule has 0 aliphatic carbocycles. The van der Waals surface area contributed by atoms with Gasteiger partial charge in [-0.05, 0) is 34.1 Å². The molecule has 5 heteroatoms. The smallest absolute Gasteiger partial charge is 0.119 e. The molecule has 0 spiro atoms. The summed E-state index contributed by atoms with van der Waals surface area (Å²) >= 11 is 10.9. The van der Waals surface area contributed by atoms with E-state index in [1.165, 1.54) is 11.8 Å². The normalized spacial score (nSPS) is 10.3. The Morgan fingerprint density at radius 2 is 2.00 bits per heavy atom. The van der Waals surface area contributed by atoms with Crippen molar-refractivity contribution >= 4 is 39.3 Å². The fraction of sp³-hybridized carbons (Fsp3) is 0. The van der Waals surface area contributed by atoms with E-state index in [1.54, 1.807) is 18.6 Å². The van der Waals surface area contributed by atoms with Crippen LogP contribution in [-0.4, -0.2) is 9.97 Å². The minimum absolute atomic E-state index is 0.645. The lowest BCUT2D eigenvalue weighted by atomic mass is 10.5. The number of halogens is 2. The predicted octanol–water partition coefficient (Wildman–Crippen LogP) is 4.04. The largest absolute Gasteiger partial charge is 0.265 e. The summed E-state index contributed by atoms with van der Waals surface area (Å²) in [5.74, 6) is 0. The van der Waals surface area contributed by atoms with Gasteiger partial charge in [-0.2, -0.15) is 0 Å². The summed E-state index contributed by atoms with van der Waals surface area (Å²) in [5, 5.41) is 1.44. The van der Waals surface area contributed by atoms with Crippen LogP contribution in [0.25, 0.3) is 0 Å². The number of hydrogen-bond donors (Lipinski definition) is 0. The average Bonchev–Trinajstić information content (AvgIpc) is 2.24. The van der Waals surface area contributed by atoms with Crippen LogP contribution in [0.3, 0.4) is 0 Å². The van der Waals surface area contributed by atoms with Gasteiger partial charge in [0.2, 0.25) is 0 Å². The van der Waals surface area contributed by atoms with Crippen molar-refractivity contribution in [2.75, 3.05) is 0 Å². The van der Waals surface area contributed by atoms with Gasteiger partial charge in [0.15, 0.2) is 0 Å². The minimum atomic E-state index is 0.645. The van der Waals surface area contributed by atoms with Gasteiger partial charge in [0.1, 0.15) is 5.03 Å². The molecule has 2 nitrogen and oxygen atoms in total. The number of hydrogen-bond acceptors (Lipinski definition) is 3. The Bertz CT molecular complexity index is 464. The van der Waals surface area contributed by atoms with Gasteiger partial charge in [0.25, 0.3) is 0 Å². The molecule has 0 aliphatic rings. The van der Waals surface area contributed by atoms with Crippen LogP contribution in [0.15, 0.2) is 51.2 Å². The maximum absolute atomic E-state index is 6.05. The average molecular weight is 302 g/mol. The molecule has 15 heavy (non-hydrogen) atoms. The lowest BCUT2D eigenvalue weighted by Crippen LogP contribution is -1.82. The second-order valence-corrected chi connectivity index (χ2v) is 5.11. The molecule has 0 atom stereocenters. The van der Waals surface area contributed by atoms with Crippen molar-refractivity contribution in [3.05, 3.63) is 46.3 Å². The standard InChI is InChI=1S/C10H6BrClN2S/c11-7-5-9(12)10(14-6-7)15-8-1-3-13-4-2-8/h1-6H. The maximum Gasteiger partial charge on any atom is 0.119 e. The van der Waals surface area contributed by atoms with E-state index in [1.807, 2.05) is 18.2 Å². The highest BCUT2D eigenvalue weighted by Gasteiger charge is 2.04. The summed E-state index contributed by atoms with van der Waals surface area (Å²) in [6, 6.07) is 5.67. The van der Waals surface area contributed by atoms with Gasteiger partial charge in [-0.15, -0.1) is 0 Å². The van der Waals surface area contributed by atoms with Crippen molar-refractivity contribution in [1.82, 2.24) is 9.97 Å². The first-order valence-electron chi connectivity index (χ1n) is 4.14. The van der Waals surface area contributed by atoms with Gasteiger partial charge in [-0.1, -0.05) is 23.4 Å². The van der Waals surface area contributed by atoms with Crippen molar-refractivity contribution in [2.24, 2.45) is 0 Å². The molecule has 2 rings (SSSR count). The van der Waals surface area contributed by atoms with E-state index in [2.05, 4.69) is 25.9 Å². The van der Waals surface area contributed by atoms with Crippen LogP contribution in [0.5, 0.6) is 0 Å². The monoisotopic (exact) mass is 300 g/mol. The zero-order chi connectivity index (χ0) is 10.7. The molecule has 2 aromatic heterocycles. The van der Waals surface area contributed by atoms with Crippen LogP contribution in [0.2, 0.25) is 5.02 Å². The molecule has 0 saturated heterocycles. The van der Waals surface area contributed by atoms with Crippen LogP contribution in [0.4, 0.5) is 0 Å². The number of aromatic nitrogens is 2. The Labute approximate surface area is 105 Å². The molecule has 0 bridgehead atoms. The fourth-order valence-corrected chi connectivity index (χ4v) is 2.48. The first-order valence-corrected chi connectivity index (χ1v) is 6.13. The van der Waals surface area contributed by atoms with Crippen LogP contribution < -0.4 is 0 Å². The second-order valence-electron chi connectivity index (χ2n) is 2.73. The van der Waals surface area contributed by atoms with Gasteiger partial charge in [0, 0.05) is 28.0 Å². The highest BCUT2D eigenvalue weighted by atomic mass is 79.9. The third kappa shape index (κ3) is 2.93. The number of nitrogens with zero attached hydrogens (tertiary/aromatic N) is 2. The highest BCUT2D eigenvalue weighted by Crippen LogP contribution is 2.32. The molecule has 76 valence electrons. The Morgan fingerprint density at radius 1 is 1.27 bits per heavy atom. The molecule has 0 saturated carbocycles. The third-order valence-corrected chi connectivity index (χ3v) is 3.50. The van der Waals surface area contributed by atoms with Crippen molar-refractivity contribution < 1.29 is 0 Å². The van der Waals surface area contributed by atoms with E-state index in [0.717, 1.165) is 14.4 Å². The molecule has 2 aromatic rings. The second kappa shape index (κ2) is 4.96. The van der Waals surface area contributed by atoms with E-state index in [0.29, 0.717) is 5.02 Å². The summed E-state index contributed by atoms with van der Waals surface area (Å²) in [4.78, 5) is 9.26. The molecule has 0 N–H and O–H groups in total. The van der Waals surface area contributed by atoms with Gasteiger partial charge in [-0.3, -0.25) is 4.98 Å². The summed E-state index contributed by atoms with van der Waals surface area (Å²) in [6.07, 6.45) is 5.22. The van der Waals surface area contributed by atoms with E-state index in [4.69, 9.17) is 11.6 Å². The molecule has 0 radical (unpaired) electrons. The Balaban J connectivity index is 2.25. The quantitative estimate of drug-likeness (QED) is 0.837. The van der Waals surface area contributed by atoms with Crippen LogP contribution in [0, 0.1) is 0 Å². The Kier molecular flexibility index (Phi) is 3.61. The summed E-state index contributed by atoms with van der Waals surface area (Å²) in [7, 11) is 0. The van der Waals surface area contributed by atoms with Gasteiger partial charge < -0.3 is 0 Å². The zero-order valence-electron chi connectivity index (χ0n) is 7.52. The summed E-state index contributed by atoms with van der Waals surface area (Å²) in [5.41, 5.74) is 0. The van der Waals surface area contributed by atoms with Crippen LogP contribution in [-0.2, 0) is 0 Å². The molecular weight excluding hydrogens is 296 g/mol. The van der Waals surface area contributed by atoms with Crippen molar-refractivity contribution in [2.45, 2.75) is 9.92 Å². The first-order chi connectivity index (χ1) is 7.25. The van der Waals surface area contributed by atoms with Gasteiger partial charge in [0.05, 0.1) is 5.02 Å². The topological polar surface area (TPSA) is 25.8 Å². The number of pyridine rings is 2. The van der Waals surface area contributed by atoms with Crippen LogP contribution in [0.1, 0.15) is 0 Å². The summed E-state index contributed by atoms with van der Waals surface area (Å²) in [6.45, 7) is 0. The molecule has 0 aromatic carbocycles. The lowest BCUT2D eigenvalue weighted by molar-refractivity contribution is 1.12. The van der Waals surface area contributed by atoms with E-state index in [-0.39, 0.29) is 0 Å². The lowest BCUT2D eigenvalue weighted by Gasteiger charge is -2.02. The maximum atomic E-state index is 6.05. The minimum Gasteiger partial charge on any atom is -0.265 e. The fourth-order valence-electron chi connectivity index (χ4n) is 0.995. The van der Waals surface area contributed by atoms with Gasteiger partial charge >= 0.3 is 0 Å². The summed E-state index contributed by atoms with van der Waals surface area (Å²) < 4.78 is 0.881. The number of rotatable bonds is 2. The molecule has 2 heterocycles. The Morgan fingerprint density at radius 3 is 2.67 bits per heavy atom. The molecular formula is C10H6BrClN2S. The highest BCUT2D eigenvalue weighted by molar-refractivity contribution is 9.10. The van der Waals surface area contributed by atoms with E-state index < -0.39 is 0 Å². The van der Waals surface area contributed by atoms with Crippen molar-refractivity contribution in [3.63, 3.8) is 0 Å². The zero-order valence-corrected chi connectivity index (χ0v) is 10.7. The van der Waals surface area contributed by atoms with Crippen molar-refractivity contribution in [3.8, 4) is 0 Å². The van der Waals surface area contributed by atoms with Crippen molar-refractivity contribution in [1.29, 1.82) is 0 Å². The van der Waals surface area contributed by atoms with Crippen LogP contribution >= 0.6 is 39.3 Å². The molecule has 0 amide bonds. The molecule has 0 aliphatic heterocycles. The molecule has 0 fully saturated rings. The van der Waals surface area contributed by atoms with E-state index in [9.17, 15) is 0 Å². The SMILES string of the molecule is Clc1cc(Br)cnc1Sc1ccncc1. The third-order valence-electron chi connectivity index (χ3n) is 1.64. The van der Waals surface area contributed by atoms with Gasteiger partial charge in [-0.25, -0.2) is 4.98 Å². The molecule has 0 unspecified atom stereocenters. The van der Waals surface area contributed by atoms with E-state index >= 15 is 0 Å². The predicted molar refractivity (Wildman–Crippen MR) is 65.3 cm³/mol. The Hall–Kier alpha value is -0.580.